The molecule has 0 bridgehead atoms. The topological polar surface area (TPSA) is 17.1 Å². The molecule has 0 saturated heterocycles. The first kappa shape index (κ1) is 16.1. The third-order valence-electron chi connectivity index (χ3n) is 2.85. The third kappa shape index (κ3) is 10.0. The van der Waals surface area contributed by atoms with Crippen LogP contribution in [-0.4, -0.2) is 6.29 Å². The van der Waals surface area contributed by atoms with E-state index in [-0.39, 0.29) is 0 Å². The van der Waals surface area contributed by atoms with Gasteiger partial charge in [0.2, 0.25) is 6.29 Å². The van der Waals surface area contributed by atoms with Crippen molar-refractivity contribution in [2.75, 3.05) is 0 Å². The molecule has 0 N–H and O–H groups in total. The van der Waals surface area contributed by atoms with Crippen molar-refractivity contribution in [1.82, 2.24) is 0 Å². The predicted octanol–water partition coefficient (Wildman–Crippen LogP) is 4.84. The molecule has 0 saturated carbocycles. The summed E-state index contributed by atoms with van der Waals surface area (Å²) in [6, 6.07) is 0. The molecule has 0 aromatic rings. The Morgan fingerprint density at radius 3 is 2.59 bits per heavy atom. The van der Waals surface area contributed by atoms with Crippen molar-refractivity contribution in [2.24, 2.45) is 11.8 Å². The van der Waals surface area contributed by atoms with Crippen molar-refractivity contribution >= 4 is 6.29 Å². The highest BCUT2D eigenvalue weighted by Crippen LogP contribution is 2.17. The van der Waals surface area contributed by atoms with Crippen LogP contribution in [0.5, 0.6) is 0 Å². The summed E-state index contributed by atoms with van der Waals surface area (Å²) >= 11 is 0. The van der Waals surface area contributed by atoms with Gasteiger partial charge in [-0.1, -0.05) is 57.4 Å². The number of hydrogen-bond donors (Lipinski definition) is 0. The lowest BCUT2D eigenvalue weighted by atomic mass is 9.94. The largest absolute Gasteiger partial charge is 0.291 e. The summed E-state index contributed by atoms with van der Waals surface area (Å²) in [5.74, 6) is 1.15. The van der Waals surface area contributed by atoms with Gasteiger partial charge in [-0.3, -0.25) is 4.79 Å². The molecule has 0 aromatic heterocycles. The minimum absolute atomic E-state index is 0.449. The number of rotatable bonds is 9. The van der Waals surface area contributed by atoms with Crippen LogP contribution in [0.25, 0.3) is 0 Å². The van der Waals surface area contributed by atoms with Crippen LogP contribution in [0.2, 0.25) is 0 Å². The molecule has 0 aliphatic rings. The Kier molecular flexibility index (Phi) is 9.80. The molecule has 0 rings (SSSR count). The maximum absolute atomic E-state index is 10.2. The summed E-state index contributed by atoms with van der Waals surface area (Å²) in [4.78, 5) is 10.2. The maximum Gasteiger partial charge on any atom is 0.202 e. The zero-order valence-corrected chi connectivity index (χ0v) is 11.8. The van der Waals surface area contributed by atoms with Crippen molar-refractivity contribution in [1.29, 1.82) is 0 Å². The summed E-state index contributed by atoms with van der Waals surface area (Å²) in [6.07, 6.45) is 14.1. The Bertz CT molecular complexity index is 250. The van der Waals surface area contributed by atoms with E-state index < -0.39 is 0 Å². The van der Waals surface area contributed by atoms with Crippen LogP contribution in [0.4, 0.5) is 0 Å². The molecule has 1 nitrogen and oxygen atoms in total. The van der Waals surface area contributed by atoms with E-state index in [1.807, 2.05) is 13.2 Å². The Balaban J connectivity index is 3.94. The fourth-order valence-corrected chi connectivity index (χ4v) is 2.04. The quantitative estimate of drug-likeness (QED) is 0.413. The molecule has 97 valence electrons. The monoisotopic (exact) mass is 235 g/mol. The molecule has 1 radical (unpaired) electrons. The minimum Gasteiger partial charge on any atom is -0.291 e. The van der Waals surface area contributed by atoms with Crippen LogP contribution in [0.15, 0.2) is 23.8 Å². The third-order valence-corrected chi connectivity index (χ3v) is 2.85. The molecule has 17 heavy (non-hydrogen) atoms. The normalized spacial score (nSPS) is 16.1. The first-order valence-electron chi connectivity index (χ1n) is 6.79. The first-order valence-corrected chi connectivity index (χ1v) is 6.79. The van der Waals surface area contributed by atoms with Gasteiger partial charge in [-0.25, -0.2) is 0 Å². The average molecular weight is 235 g/mol. The van der Waals surface area contributed by atoms with Crippen LogP contribution in [0.1, 0.15) is 59.8 Å². The van der Waals surface area contributed by atoms with E-state index in [2.05, 4.69) is 39.0 Å². The van der Waals surface area contributed by atoms with Crippen molar-refractivity contribution in [2.45, 2.75) is 59.8 Å². The van der Waals surface area contributed by atoms with Crippen LogP contribution in [0.3, 0.4) is 0 Å². The predicted molar refractivity (Wildman–Crippen MR) is 75.7 cm³/mol. The molecule has 0 aromatic carbocycles. The number of carbonyl (C=O) groups excluding carboxylic acids is 1. The average Bonchev–Trinajstić information content (AvgIpc) is 2.24. The highest BCUT2D eigenvalue weighted by molar-refractivity contribution is 5.54. The van der Waals surface area contributed by atoms with Gasteiger partial charge < -0.3 is 0 Å². The van der Waals surface area contributed by atoms with Gasteiger partial charge in [-0.2, -0.15) is 0 Å². The molecule has 0 aliphatic carbocycles. The van der Waals surface area contributed by atoms with Crippen LogP contribution >= 0.6 is 0 Å². The lowest BCUT2D eigenvalue weighted by Crippen LogP contribution is -1.99. The molecule has 1 heteroatoms. The Hall–Kier alpha value is -0.850. The van der Waals surface area contributed by atoms with Crippen LogP contribution in [-0.2, 0) is 4.79 Å². The van der Waals surface area contributed by atoms with Gasteiger partial charge in [0.05, 0.1) is 0 Å². The summed E-state index contributed by atoms with van der Waals surface area (Å²) in [5, 5.41) is 0. The highest BCUT2D eigenvalue weighted by atomic mass is 16.1. The second-order valence-corrected chi connectivity index (χ2v) is 5.09. The molecule has 0 amide bonds. The molecule has 2 unspecified atom stereocenters. The summed E-state index contributed by atoms with van der Waals surface area (Å²) in [7, 11) is 0. The molecular formula is C16H27O. The van der Waals surface area contributed by atoms with Gasteiger partial charge in [-0.05, 0) is 31.6 Å². The van der Waals surface area contributed by atoms with Gasteiger partial charge in [0.25, 0.3) is 0 Å². The zero-order valence-electron chi connectivity index (χ0n) is 11.8. The van der Waals surface area contributed by atoms with E-state index in [9.17, 15) is 4.79 Å². The van der Waals surface area contributed by atoms with Crippen molar-refractivity contribution in [3.63, 3.8) is 0 Å². The molecule has 0 heterocycles. The summed E-state index contributed by atoms with van der Waals surface area (Å²) in [6.45, 7) is 8.69. The number of hydrogen-bond acceptors (Lipinski definition) is 1. The van der Waals surface area contributed by atoms with E-state index in [1.54, 1.807) is 0 Å². The molecule has 0 spiro atoms. The smallest absolute Gasteiger partial charge is 0.202 e. The fraction of sp³-hybridized carbons (Fsp3) is 0.688. The molecule has 0 fully saturated rings. The fourth-order valence-electron chi connectivity index (χ4n) is 2.04. The first-order chi connectivity index (χ1) is 8.10. The SMILES string of the molecule is CCCC/C=C/C(C)CC(C)/C=C(\C)C[C]=O. The van der Waals surface area contributed by atoms with E-state index in [1.165, 1.54) is 19.3 Å². The van der Waals surface area contributed by atoms with Gasteiger partial charge in [0.1, 0.15) is 0 Å². The van der Waals surface area contributed by atoms with E-state index >= 15 is 0 Å². The second-order valence-electron chi connectivity index (χ2n) is 5.09. The van der Waals surface area contributed by atoms with Gasteiger partial charge in [-0.15, -0.1) is 0 Å². The van der Waals surface area contributed by atoms with Crippen molar-refractivity contribution in [3.8, 4) is 0 Å². The Morgan fingerprint density at radius 2 is 2.00 bits per heavy atom. The Morgan fingerprint density at radius 1 is 1.29 bits per heavy atom. The maximum atomic E-state index is 10.2. The molecule has 0 aliphatic heterocycles. The lowest BCUT2D eigenvalue weighted by molar-refractivity contribution is 0.538. The Labute approximate surface area is 107 Å². The van der Waals surface area contributed by atoms with Crippen LogP contribution < -0.4 is 0 Å². The number of unbranched alkanes of at least 4 members (excludes halogenated alkanes) is 2. The zero-order chi connectivity index (χ0) is 13.1. The van der Waals surface area contributed by atoms with Crippen molar-refractivity contribution < 1.29 is 4.79 Å². The number of allylic oxidation sites excluding steroid dienone is 4. The summed E-state index contributed by atoms with van der Waals surface area (Å²) < 4.78 is 0. The van der Waals surface area contributed by atoms with Crippen molar-refractivity contribution in [3.05, 3.63) is 23.8 Å². The highest BCUT2D eigenvalue weighted by Gasteiger charge is 2.04. The van der Waals surface area contributed by atoms with Crippen LogP contribution in [0, 0.1) is 11.8 Å². The van der Waals surface area contributed by atoms with E-state index in [0.29, 0.717) is 18.3 Å². The second kappa shape index (κ2) is 10.3. The molecular weight excluding hydrogens is 208 g/mol. The lowest BCUT2D eigenvalue weighted by Gasteiger charge is -2.11. The minimum atomic E-state index is 0.449. The van der Waals surface area contributed by atoms with Gasteiger partial charge >= 0.3 is 0 Å². The van der Waals surface area contributed by atoms with Gasteiger partial charge in [0, 0.05) is 6.42 Å². The standard InChI is InChI=1S/C16H27O/c1-5-6-7-8-9-14(2)12-16(4)13-15(3)10-11-17/h8-9,13-14,16H,5-7,10,12H2,1-4H3/b9-8+,15-13+. The van der Waals surface area contributed by atoms with E-state index in [0.717, 1.165) is 12.0 Å². The van der Waals surface area contributed by atoms with E-state index in [4.69, 9.17) is 0 Å². The summed E-state index contributed by atoms with van der Waals surface area (Å²) in [5.41, 5.74) is 1.13. The van der Waals surface area contributed by atoms with Gasteiger partial charge in [0.15, 0.2) is 0 Å². The molecule has 2 atom stereocenters.